The van der Waals surface area contributed by atoms with E-state index in [1.54, 1.807) is 0 Å². The summed E-state index contributed by atoms with van der Waals surface area (Å²) >= 11 is 0. The lowest BCUT2D eigenvalue weighted by Crippen LogP contribution is -2.34. The largest absolute Gasteiger partial charge is 0.313 e. The van der Waals surface area contributed by atoms with Gasteiger partial charge in [0.25, 0.3) is 0 Å². The molecule has 0 amide bonds. The van der Waals surface area contributed by atoms with E-state index in [9.17, 15) is 0 Å². The van der Waals surface area contributed by atoms with E-state index >= 15 is 0 Å². The summed E-state index contributed by atoms with van der Waals surface area (Å²) in [6.07, 6.45) is 3.71. The van der Waals surface area contributed by atoms with Crippen LogP contribution in [0.5, 0.6) is 0 Å². The maximum Gasteiger partial charge on any atom is 0.0133 e. The Labute approximate surface area is 113 Å². The monoisotopic (exact) mass is 247 g/mol. The highest BCUT2D eigenvalue weighted by molar-refractivity contribution is 5.33. The number of aryl methyl sites for hydroxylation is 2. The molecule has 1 nitrogen and oxygen atoms in total. The predicted octanol–water partition coefficient (Wildman–Crippen LogP) is 4.58. The normalized spacial score (nSPS) is 14.5. The second-order valence-electron chi connectivity index (χ2n) is 5.50. The lowest BCUT2D eigenvalue weighted by atomic mass is 9.87. The van der Waals surface area contributed by atoms with Gasteiger partial charge in [-0.05, 0) is 50.3 Å². The Balaban J connectivity index is 2.83. The lowest BCUT2D eigenvalue weighted by Gasteiger charge is -2.26. The molecule has 0 spiro atoms. The third-order valence-corrected chi connectivity index (χ3v) is 3.78. The summed E-state index contributed by atoms with van der Waals surface area (Å²) in [7, 11) is 0. The molecule has 1 aromatic rings. The van der Waals surface area contributed by atoms with Crippen molar-refractivity contribution in [3.8, 4) is 0 Å². The molecule has 0 aliphatic rings. The van der Waals surface area contributed by atoms with Gasteiger partial charge in [-0.1, -0.05) is 51.0 Å². The Morgan fingerprint density at radius 1 is 1.11 bits per heavy atom. The first-order valence-corrected chi connectivity index (χ1v) is 7.40. The van der Waals surface area contributed by atoms with E-state index in [2.05, 4.69) is 58.1 Å². The molecule has 0 fully saturated rings. The Hall–Kier alpha value is -0.820. The fourth-order valence-electron chi connectivity index (χ4n) is 2.72. The number of nitrogens with one attached hydrogen (secondary N) is 1. The predicted molar refractivity (Wildman–Crippen MR) is 81.3 cm³/mol. The van der Waals surface area contributed by atoms with Crippen LogP contribution in [0, 0.1) is 13.8 Å². The molecular formula is C17H29N. The molecule has 0 aliphatic heterocycles. The number of benzene rings is 1. The molecule has 1 heteroatoms. The van der Waals surface area contributed by atoms with Crippen LogP contribution >= 0.6 is 0 Å². The van der Waals surface area contributed by atoms with Crippen LogP contribution in [0.15, 0.2) is 18.2 Å². The Morgan fingerprint density at radius 2 is 1.83 bits per heavy atom. The second kappa shape index (κ2) is 7.58. The summed E-state index contributed by atoms with van der Waals surface area (Å²) in [4.78, 5) is 0. The standard InChI is InChI=1S/C17H29N/c1-6-8-17(18-11-7-2)15(5)16-10-9-13(3)12-14(16)4/h9-10,12,15,17-18H,6-8,11H2,1-5H3. The SMILES string of the molecule is CCCNC(CCC)C(C)c1ccc(C)cc1C. The van der Waals surface area contributed by atoms with E-state index in [1.807, 2.05) is 0 Å². The van der Waals surface area contributed by atoms with Crippen LogP contribution < -0.4 is 5.32 Å². The summed E-state index contributed by atoms with van der Waals surface area (Å²) in [5.74, 6) is 0.595. The molecule has 1 N–H and O–H groups in total. The molecule has 0 aromatic heterocycles. The molecule has 0 bridgehead atoms. The van der Waals surface area contributed by atoms with Crippen molar-refractivity contribution in [3.63, 3.8) is 0 Å². The highest BCUT2D eigenvalue weighted by atomic mass is 14.9. The van der Waals surface area contributed by atoms with Crippen LogP contribution in [-0.2, 0) is 0 Å². The molecule has 2 unspecified atom stereocenters. The van der Waals surface area contributed by atoms with E-state index in [4.69, 9.17) is 0 Å². The molecule has 0 heterocycles. The van der Waals surface area contributed by atoms with Crippen molar-refractivity contribution in [3.05, 3.63) is 34.9 Å². The highest BCUT2D eigenvalue weighted by Gasteiger charge is 2.18. The number of hydrogen-bond acceptors (Lipinski definition) is 1. The molecule has 1 rings (SSSR count). The van der Waals surface area contributed by atoms with Crippen molar-refractivity contribution in [2.75, 3.05) is 6.54 Å². The molecular weight excluding hydrogens is 218 g/mol. The van der Waals surface area contributed by atoms with E-state index in [-0.39, 0.29) is 0 Å². The molecule has 2 atom stereocenters. The van der Waals surface area contributed by atoms with Gasteiger partial charge in [-0.25, -0.2) is 0 Å². The van der Waals surface area contributed by atoms with Gasteiger partial charge >= 0.3 is 0 Å². The molecule has 0 saturated carbocycles. The third kappa shape index (κ3) is 4.13. The van der Waals surface area contributed by atoms with Crippen molar-refractivity contribution in [1.29, 1.82) is 0 Å². The minimum atomic E-state index is 0.595. The smallest absolute Gasteiger partial charge is 0.0133 e. The van der Waals surface area contributed by atoms with Gasteiger partial charge in [-0.2, -0.15) is 0 Å². The quantitative estimate of drug-likeness (QED) is 0.744. The average molecular weight is 247 g/mol. The van der Waals surface area contributed by atoms with Gasteiger partial charge in [0.1, 0.15) is 0 Å². The highest BCUT2D eigenvalue weighted by Crippen LogP contribution is 2.25. The fourth-order valence-corrected chi connectivity index (χ4v) is 2.72. The Bertz CT molecular complexity index is 357. The van der Waals surface area contributed by atoms with E-state index in [0.717, 1.165) is 6.54 Å². The van der Waals surface area contributed by atoms with Crippen molar-refractivity contribution in [1.82, 2.24) is 5.32 Å². The van der Waals surface area contributed by atoms with E-state index < -0.39 is 0 Å². The summed E-state index contributed by atoms with van der Waals surface area (Å²) in [6, 6.07) is 7.46. The summed E-state index contributed by atoms with van der Waals surface area (Å²) in [6.45, 7) is 12.4. The molecule has 0 saturated heterocycles. The van der Waals surface area contributed by atoms with Gasteiger partial charge in [-0.15, -0.1) is 0 Å². The van der Waals surface area contributed by atoms with Crippen molar-refractivity contribution >= 4 is 0 Å². The molecule has 0 aliphatic carbocycles. The Kier molecular flexibility index (Phi) is 6.42. The minimum absolute atomic E-state index is 0.595. The maximum atomic E-state index is 3.71. The zero-order chi connectivity index (χ0) is 13.5. The topological polar surface area (TPSA) is 12.0 Å². The number of rotatable bonds is 7. The molecule has 18 heavy (non-hydrogen) atoms. The fraction of sp³-hybridized carbons (Fsp3) is 0.647. The first kappa shape index (κ1) is 15.2. The van der Waals surface area contributed by atoms with Crippen LogP contribution in [0.1, 0.15) is 62.6 Å². The van der Waals surface area contributed by atoms with Gasteiger partial charge in [0.15, 0.2) is 0 Å². The van der Waals surface area contributed by atoms with Crippen LogP contribution in [0.4, 0.5) is 0 Å². The van der Waals surface area contributed by atoms with Crippen LogP contribution in [0.2, 0.25) is 0 Å². The summed E-state index contributed by atoms with van der Waals surface area (Å²) in [5.41, 5.74) is 4.29. The number of hydrogen-bond donors (Lipinski definition) is 1. The lowest BCUT2D eigenvalue weighted by molar-refractivity contribution is 0.420. The van der Waals surface area contributed by atoms with Gasteiger partial charge in [0.2, 0.25) is 0 Å². The summed E-state index contributed by atoms with van der Waals surface area (Å²) < 4.78 is 0. The van der Waals surface area contributed by atoms with Crippen molar-refractivity contribution < 1.29 is 0 Å². The zero-order valence-electron chi connectivity index (χ0n) is 12.7. The van der Waals surface area contributed by atoms with Gasteiger partial charge in [-0.3, -0.25) is 0 Å². The van der Waals surface area contributed by atoms with Crippen molar-refractivity contribution in [2.24, 2.45) is 0 Å². The van der Waals surface area contributed by atoms with E-state index in [0.29, 0.717) is 12.0 Å². The van der Waals surface area contributed by atoms with Gasteiger partial charge in [0, 0.05) is 6.04 Å². The zero-order valence-corrected chi connectivity index (χ0v) is 12.7. The molecule has 1 aromatic carbocycles. The maximum absolute atomic E-state index is 3.71. The van der Waals surface area contributed by atoms with Crippen LogP contribution in [-0.4, -0.2) is 12.6 Å². The van der Waals surface area contributed by atoms with Gasteiger partial charge < -0.3 is 5.32 Å². The Morgan fingerprint density at radius 3 is 2.39 bits per heavy atom. The molecule has 0 radical (unpaired) electrons. The van der Waals surface area contributed by atoms with Gasteiger partial charge in [0.05, 0.1) is 0 Å². The van der Waals surface area contributed by atoms with Crippen LogP contribution in [0.25, 0.3) is 0 Å². The molecule has 102 valence electrons. The first-order chi connectivity index (χ1) is 8.60. The summed E-state index contributed by atoms with van der Waals surface area (Å²) in [5, 5.41) is 3.71. The third-order valence-electron chi connectivity index (χ3n) is 3.78. The second-order valence-corrected chi connectivity index (χ2v) is 5.50. The minimum Gasteiger partial charge on any atom is -0.313 e. The first-order valence-electron chi connectivity index (χ1n) is 7.40. The van der Waals surface area contributed by atoms with Crippen molar-refractivity contribution in [2.45, 2.75) is 65.8 Å². The van der Waals surface area contributed by atoms with E-state index in [1.165, 1.54) is 36.0 Å². The average Bonchev–Trinajstić information content (AvgIpc) is 2.33. The van der Waals surface area contributed by atoms with Crippen LogP contribution in [0.3, 0.4) is 0 Å².